The number of nitrogens with one attached hydrogen (secondary N) is 1. The maximum Gasteiger partial charge on any atom is 0.308 e. The van der Waals surface area contributed by atoms with Crippen molar-refractivity contribution in [2.75, 3.05) is 18.0 Å². The summed E-state index contributed by atoms with van der Waals surface area (Å²) in [5.74, 6) is -0.194. The number of aromatic nitrogens is 3. The molecule has 3 aromatic rings. The molecule has 0 aromatic carbocycles. The van der Waals surface area contributed by atoms with Crippen LogP contribution >= 0.6 is 0 Å². The second-order valence-corrected chi connectivity index (χ2v) is 5.37. The number of H-pyrrole nitrogens is 1. The smallest absolute Gasteiger partial charge is 0.308 e. The fourth-order valence-electron chi connectivity index (χ4n) is 3.05. The van der Waals surface area contributed by atoms with Crippen LogP contribution < -0.4 is 4.90 Å². The lowest BCUT2D eigenvalue weighted by Gasteiger charge is -2.19. The number of hydrogen-bond donors (Lipinski definition) is 2. The van der Waals surface area contributed by atoms with E-state index in [4.69, 9.17) is 5.11 Å². The molecule has 0 radical (unpaired) electrons. The molecule has 1 saturated heterocycles. The van der Waals surface area contributed by atoms with E-state index in [0.717, 1.165) is 34.2 Å². The first-order valence-electron chi connectivity index (χ1n) is 6.92. The molecule has 0 aliphatic carbocycles. The van der Waals surface area contributed by atoms with Gasteiger partial charge in [-0.05, 0) is 18.6 Å². The fraction of sp³-hybridized carbons (Fsp3) is 0.267. The lowest BCUT2D eigenvalue weighted by molar-refractivity contribution is -0.140. The van der Waals surface area contributed by atoms with Crippen LogP contribution in [0.25, 0.3) is 21.8 Å². The van der Waals surface area contributed by atoms with E-state index >= 15 is 0 Å². The quantitative estimate of drug-likeness (QED) is 0.751. The van der Waals surface area contributed by atoms with Crippen LogP contribution in [0.3, 0.4) is 0 Å². The van der Waals surface area contributed by atoms with Crippen LogP contribution in [0.2, 0.25) is 0 Å². The zero-order valence-electron chi connectivity index (χ0n) is 11.3. The molecule has 106 valence electrons. The van der Waals surface area contributed by atoms with E-state index in [1.165, 1.54) is 0 Å². The number of nitrogens with zero attached hydrogens (tertiary/aromatic N) is 3. The van der Waals surface area contributed by atoms with Crippen LogP contribution in [0, 0.1) is 5.92 Å². The highest BCUT2D eigenvalue weighted by Gasteiger charge is 2.29. The van der Waals surface area contributed by atoms with E-state index in [9.17, 15) is 4.79 Å². The van der Waals surface area contributed by atoms with Crippen molar-refractivity contribution in [3.05, 3.63) is 30.7 Å². The highest BCUT2D eigenvalue weighted by Crippen LogP contribution is 2.33. The first-order chi connectivity index (χ1) is 10.2. The number of hydrogen-bond acceptors (Lipinski definition) is 4. The van der Waals surface area contributed by atoms with Crippen molar-refractivity contribution < 1.29 is 9.90 Å². The van der Waals surface area contributed by atoms with Gasteiger partial charge in [0.25, 0.3) is 0 Å². The average Bonchev–Trinajstić information content (AvgIpc) is 3.15. The van der Waals surface area contributed by atoms with E-state index in [1.807, 2.05) is 24.5 Å². The third-order valence-corrected chi connectivity index (χ3v) is 4.13. The minimum absolute atomic E-state index is 0.314. The van der Waals surface area contributed by atoms with Gasteiger partial charge in [0, 0.05) is 47.8 Å². The number of carboxylic acids is 1. The van der Waals surface area contributed by atoms with Crippen LogP contribution in [0.4, 0.5) is 5.82 Å². The molecule has 6 nitrogen and oxygen atoms in total. The molecule has 1 aliphatic heterocycles. The van der Waals surface area contributed by atoms with E-state index in [2.05, 4.69) is 19.9 Å². The number of rotatable bonds is 2. The fourth-order valence-corrected chi connectivity index (χ4v) is 3.05. The van der Waals surface area contributed by atoms with E-state index in [-0.39, 0.29) is 5.92 Å². The van der Waals surface area contributed by atoms with Gasteiger partial charge in [-0.3, -0.25) is 4.79 Å². The standard InChI is InChI=1S/C15H14N4O2/c20-15(21)10-3-6-19(8-10)14-12-9(1-4-17-14)7-18-13-11(12)2-5-16-13/h1-2,4-5,7,10H,3,6,8H2,(H,16,18)(H,20,21). The second kappa shape index (κ2) is 4.44. The van der Waals surface area contributed by atoms with Gasteiger partial charge in [-0.25, -0.2) is 9.97 Å². The van der Waals surface area contributed by atoms with Gasteiger partial charge in [0.2, 0.25) is 0 Å². The molecule has 0 amide bonds. The van der Waals surface area contributed by atoms with Crippen LogP contribution in [0.15, 0.2) is 30.7 Å². The summed E-state index contributed by atoms with van der Waals surface area (Å²) in [7, 11) is 0. The van der Waals surface area contributed by atoms with Crippen LogP contribution in [-0.2, 0) is 4.79 Å². The number of pyridine rings is 2. The normalized spacial score (nSPS) is 18.7. The number of fused-ring (bicyclic) bond motifs is 3. The van der Waals surface area contributed by atoms with Crippen molar-refractivity contribution in [2.45, 2.75) is 6.42 Å². The summed E-state index contributed by atoms with van der Waals surface area (Å²) < 4.78 is 0. The molecule has 0 spiro atoms. The van der Waals surface area contributed by atoms with Crippen molar-refractivity contribution >= 4 is 33.6 Å². The van der Waals surface area contributed by atoms with Crippen LogP contribution in [-0.4, -0.2) is 39.1 Å². The molecule has 1 atom stereocenters. The SMILES string of the molecule is O=C(O)C1CCN(c2nccc3cnc4[nH]ccc4c23)C1. The monoisotopic (exact) mass is 282 g/mol. The Bertz CT molecular complexity index is 842. The van der Waals surface area contributed by atoms with Crippen molar-refractivity contribution in [3.8, 4) is 0 Å². The zero-order valence-corrected chi connectivity index (χ0v) is 11.3. The lowest BCUT2D eigenvalue weighted by atomic mass is 10.1. The number of aromatic amines is 1. The summed E-state index contributed by atoms with van der Waals surface area (Å²) in [5, 5.41) is 12.2. The van der Waals surface area contributed by atoms with Gasteiger partial charge in [-0.2, -0.15) is 0 Å². The minimum Gasteiger partial charge on any atom is -0.481 e. The van der Waals surface area contributed by atoms with Crippen LogP contribution in [0.5, 0.6) is 0 Å². The van der Waals surface area contributed by atoms with Gasteiger partial charge < -0.3 is 15.0 Å². The molecule has 3 aromatic heterocycles. The van der Waals surface area contributed by atoms with E-state index in [0.29, 0.717) is 13.0 Å². The first kappa shape index (κ1) is 12.1. The Morgan fingerprint density at radius 1 is 1.38 bits per heavy atom. The summed E-state index contributed by atoms with van der Waals surface area (Å²) in [5.41, 5.74) is 0.825. The summed E-state index contributed by atoms with van der Waals surface area (Å²) in [6, 6.07) is 3.92. The lowest BCUT2D eigenvalue weighted by Crippen LogP contribution is -2.23. The summed E-state index contributed by atoms with van der Waals surface area (Å²) in [6.45, 7) is 1.23. The summed E-state index contributed by atoms with van der Waals surface area (Å²) in [6.07, 6.45) is 6.10. The van der Waals surface area contributed by atoms with Crippen molar-refractivity contribution in [1.29, 1.82) is 0 Å². The van der Waals surface area contributed by atoms with E-state index < -0.39 is 5.97 Å². The van der Waals surface area contributed by atoms with Gasteiger partial charge in [0.1, 0.15) is 11.5 Å². The Morgan fingerprint density at radius 2 is 2.29 bits per heavy atom. The van der Waals surface area contributed by atoms with Gasteiger partial charge >= 0.3 is 5.97 Å². The predicted octanol–water partition coefficient (Wildman–Crippen LogP) is 2.02. The first-order valence-corrected chi connectivity index (χ1v) is 6.92. The highest BCUT2D eigenvalue weighted by atomic mass is 16.4. The molecule has 4 heterocycles. The van der Waals surface area contributed by atoms with Gasteiger partial charge in [0.15, 0.2) is 0 Å². The van der Waals surface area contributed by atoms with Crippen molar-refractivity contribution in [3.63, 3.8) is 0 Å². The second-order valence-electron chi connectivity index (χ2n) is 5.37. The molecule has 2 N–H and O–H groups in total. The largest absolute Gasteiger partial charge is 0.481 e. The minimum atomic E-state index is -0.730. The molecule has 0 saturated carbocycles. The molecule has 1 unspecified atom stereocenters. The Hall–Kier alpha value is -2.63. The van der Waals surface area contributed by atoms with Gasteiger partial charge in [-0.15, -0.1) is 0 Å². The summed E-state index contributed by atoms with van der Waals surface area (Å²) in [4.78, 5) is 25.2. The topological polar surface area (TPSA) is 82.1 Å². The number of anilines is 1. The predicted molar refractivity (Wildman–Crippen MR) is 79.4 cm³/mol. The number of carboxylic acid groups (broad SMARTS) is 1. The van der Waals surface area contributed by atoms with Gasteiger partial charge in [-0.1, -0.05) is 0 Å². The maximum atomic E-state index is 11.2. The summed E-state index contributed by atoms with van der Waals surface area (Å²) >= 11 is 0. The molecule has 0 bridgehead atoms. The van der Waals surface area contributed by atoms with Crippen molar-refractivity contribution in [1.82, 2.24) is 15.0 Å². The van der Waals surface area contributed by atoms with E-state index in [1.54, 1.807) is 6.20 Å². The average molecular weight is 282 g/mol. The Labute approximate surface area is 120 Å². The molecule has 21 heavy (non-hydrogen) atoms. The zero-order chi connectivity index (χ0) is 14.4. The molecular weight excluding hydrogens is 268 g/mol. The Morgan fingerprint density at radius 3 is 3.10 bits per heavy atom. The molecule has 1 fully saturated rings. The third kappa shape index (κ3) is 1.83. The highest BCUT2D eigenvalue weighted by molar-refractivity contribution is 6.10. The van der Waals surface area contributed by atoms with Gasteiger partial charge in [0.05, 0.1) is 5.92 Å². The molecule has 4 rings (SSSR count). The molecular formula is C15H14N4O2. The molecule has 6 heteroatoms. The third-order valence-electron chi connectivity index (χ3n) is 4.13. The number of aliphatic carboxylic acids is 1. The Kier molecular flexibility index (Phi) is 2.57. The maximum absolute atomic E-state index is 11.2. The molecule has 1 aliphatic rings. The van der Waals surface area contributed by atoms with Crippen molar-refractivity contribution in [2.24, 2.45) is 5.92 Å². The van der Waals surface area contributed by atoms with Crippen LogP contribution in [0.1, 0.15) is 6.42 Å². The Balaban J connectivity index is 1.89. The number of carbonyl (C=O) groups is 1.